The van der Waals surface area contributed by atoms with Gasteiger partial charge in [-0.3, -0.25) is 14.5 Å². The molecular formula is C24H36ClN3O5. The van der Waals surface area contributed by atoms with Gasteiger partial charge in [0.15, 0.2) is 0 Å². The number of nitrogens with one attached hydrogen (secondary N) is 2. The van der Waals surface area contributed by atoms with Crippen LogP contribution in [0.15, 0.2) is 24.3 Å². The van der Waals surface area contributed by atoms with E-state index in [-0.39, 0.29) is 31.4 Å². The highest BCUT2D eigenvalue weighted by Gasteiger charge is 2.32. The number of benzene rings is 1. The number of amides is 3. The van der Waals surface area contributed by atoms with Crippen molar-refractivity contribution >= 4 is 29.5 Å². The van der Waals surface area contributed by atoms with Crippen LogP contribution in [0.25, 0.3) is 0 Å². The highest BCUT2D eigenvalue weighted by molar-refractivity contribution is 6.30. The maximum absolute atomic E-state index is 13.2. The van der Waals surface area contributed by atoms with Crippen LogP contribution < -0.4 is 10.6 Å². The summed E-state index contributed by atoms with van der Waals surface area (Å²) in [5.41, 5.74) is 0.757. The Balaban J connectivity index is 2.04. The lowest BCUT2D eigenvalue weighted by Crippen LogP contribution is -2.52. The number of rotatable bonds is 11. The predicted octanol–water partition coefficient (Wildman–Crippen LogP) is 3.25. The number of hydrogen-bond donors (Lipinski definition) is 3. The predicted molar refractivity (Wildman–Crippen MR) is 127 cm³/mol. The molecule has 1 saturated carbocycles. The van der Waals surface area contributed by atoms with E-state index in [9.17, 15) is 19.5 Å². The molecule has 0 saturated heterocycles. The van der Waals surface area contributed by atoms with Gasteiger partial charge in [-0.2, -0.15) is 0 Å². The Kier molecular flexibility index (Phi) is 11.5. The van der Waals surface area contributed by atoms with E-state index in [1.54, 1.807) is 32.3 Å². The van der Waals surface area contributed by atoms with Gasteiger partial charge in [-0.15, -0.1) is 0 Å². The number of carbonyl (C=O) groups is 3. The van der Waals surface area contributed by atoms with Crippen molar-refractivity contribution in [2.75, 3.05) is 20.7 Å². The van der Waals surface area contributed by atoms with Gasteiger partial charge in [-0.05, 0) is 36.5 Å². The van der Waals surface area contributed by atoms with Gasteiger partial charge in [0, 0.05) is 25.5 Å². The molecule has 2 rings (SSSR count). The second kappa shape index (κ2) is 14.1. The van der Waals surface area contributed by atoms with Crippen molar-refractivity contribution in [1.82, 2.24) is 15.5 Å². The fourth-order valence-electron chi connectivity index (χ4n) is 4.12. The number of hydrogen-bond acceptors (Lipinski definition) is 5. The number of nitrogens with zero attached hydrogens (tertiary/aromatic N) is 1. The van der Waals surface area contributed by atoms with Gasteiger partial charge >= 0.3 is 6.09 Å². The first-order valence-electron chi connectivity index (χ1n) is 11.6. The molecule has 8 nitrogen and oxygen atoms in total. The molecule has 0 spiro atoms. The van der Waals surface area contributed by atoms with E-state index in [0.29, 0.717) is 23.8 Å². The third-order valence-corrected chi connectivity index (χ3v) is 6.39. The molecule has 3 amide bonds. The summed E-state index contributed by atoms with van der Waals surface area (Å²) in [7, 11) is 3.10. The molecule has 0 radical (unpaired) electrons. The summed E-state index contributed by atoms with van der Waals surface area (Å²) in [6.45, 7) is -0.241. The molecule has 2 unspecified atom stereocenters. The summed E-state index contributed by atoms with van der Waals surface area (Å²) in [6, 6.07) is 5.75. The van der Waals surface area contributed by atoms with E-state index in [1.807, 2.05) is 6.07 Å². The molecule has 33 heavy (non-hydrogen) atoms. The summed E-state index contributed by atoms with van der Waals surface area (Å²) in [6.07, 6.45) is 5.90. The Morgan fingerprint density at radius 2 is 1.97 bits per heavy atom. The van der Waals surface area contributed by atoms with Crippen LogP contribution in [0.1, 0.15) is 56.9 Å². The molecule has 3 N–H and O–H groups in total. The molecular weight excluding hydrogens is 446 g/mol. The summed E-state index contributed by atoms with van der Waals surface area (Å²) in [5.74, 6) is -0.168. The second-order valence-corrected chi connectivity index (χ2v) is 9.09. The van der Waals surface area contributed by atoms with E-state index in [2.05, 4.69) is 10.6 Å². The molecule has 184 valence electrons. The molecule has 1 fully saturated rings. The fraction of sp³-hybridized carbons (Fsp3) is 0.625. The van der Waals surface area contributed by atoms with Gasteiger partial charge in [0.1, 0.15) is 12.6 Å². The number of likely N-dealkylation sites (N-methyl/N-ethyl adjacent to an activating group) is 1. The van der Waals surface area contributed by atoms with Crippen molar-refractivity contribution in [2.45, 2.75) is 70.1 Å². The minimum atomic E-state index is -0.728. The molecule has 0 bridgehead atoms. The lowest BCUT2D eigenvalue weighted by Gasteiger charge is -2.32. The average Bonchev–Trinajstić information content (AvgIpc) is 2.83. The smallest absolute Gasteiger partial charge is 0.410 e. The Morgan fingerprint density at radius 1 is 1.24 bits per heavy atom. The van der Waals surface area contributed by atoms with Crippen molar-refractivity contribution in [3.05, 3.63) is 34.9 Å². The van der Waals surface area contributed by atoms with Gasteiger partial charge in [-0.25, -0.2) is 4.79 Å². The Labute approximate surface area is 201 Å². The Hall–Kier alpha value is -2.32. The highest BCUT2D eigenvalue weighted by Crippen LogP contribution is 2.29. The average molecular weight is 482 g/mol. The molecule has 1 aliphatic carbocycles. The lowest BCUT2D eigenvalue weighted by atomic mass is 9.84. The van der Waals surface area contributed by atoms with Crippen LogP contribution in [0.5, 0.6) is 0 Å². The van der Waals surface area contributed by atoms with Gasteiger partial charge in [-0.1, -0.05) is 55.8 Å². The quantitative estimate of drug-likeness (QED) is 0.449. The van der Waals surface area contributed by atoms with Crippen LogP contribution in [-0.4, -0.2) is 60.7 Å². The number of aliphatic hydroxyl groups is 1. The number of carbonyl (C=O) groups excluding carboxylic acids is 3. The first-order chi connectivity index (χ1) is 15.8. The maximum atomic E-state index is 13.2. The standard InChI is InChI=1S/C24H36ClN3O5/c1-26-22(30)12-11-20(15-29)27-23(31)21(14-17-7-4-3-5-8-17)28(2)24(32)33-16-18-9-6-10-19(25)13-18/h6,9-10,13,17,20-21,29H,3-5,7-8,11-12,14-16H2,1-2H3,(H,26,30)(H,27,31). The van der Waals surface area contributed by atoms with Crippen LogP contribution in [-0.2, 0) is 20.9 Å². The van der Waals surface area contributed by atoms with E-state index in [4.69, 9.17) is 16.3 Å². The summed E-state index contributed by atoms with van der Waals surface area (Å²) in [4.78, 5) is 38.8. The zero-order valence-electron chi connectivity index (χ0n) is 19.5. The first-order valence-corrected chi connectivity index (χ1v) is 12.0. The SMILES string of the molecule is CNC(=O)CCC(CO)NC(=O)C(CC1CCCCC1)N(C)C(=O)OCc1cccc(Cl)c1. The van der Waals surface area contributed by atoms with Crippen molar-refractivity contribution in [3.63, 3.8) is 0 Å². The highest BCUT2D eigenvalue weighted by atomic mass is 35.5. The number of halogens is 1. The normalized spacial score (nSPS) is 15.9. The van der Waals surface area contributed by atoms with Gasteiger partial charge < -0.3 is 20.5 Å². The number of aliphatic hydroxyl groups excluding tert-OH is 1. The number of ether oxygens (including phenoxy) is 1. The van der Waals surface area contributed by atoms with Gasteiger partial charge in [0.05, 0.1) is 12.6 Å². The lowest BCUT2D eigenvalue weighted by molar-refractivity contribution is -0.128. The van der Waals surface area contributed by atoms with Crippen LogP contribution >= 0.6 is 11.6 Å². The molecule has 2 atom stereocenters. The third kappa shape index (κ3) is 9.21. The van der Waals surface area contributed by atoms with Crippen LogP contribution in [0, 0.1) is 5.92 Å². The van der Waals surface area contributed by atoms with Crippen molar-refractivity contribution in [2.24, 2.45) is 5.92 Å². The van der Waals surface area contributed by atoms with Crippen molar-refractivity contribution in [1.29, 1.82) is 0 Å². The van der Waals surface area contributed by atoms with Crippen LogP contribution in [0.3, 0.4) is 0 Å². The van der Waals surface area contributed by atoms with E-state index >= 15 is 0 Å². The topological polar surface area (TPSA) is 108 Å². The minimum absolute atomic E-state index is 0.0485. The van der Waals surface area contributed by atoms with Crippen LogP contribution in [0.2, 0.25) is 5.02 Å². The van der Waals surface area contributed by atoms with Crippen LogP contribution in [0.4, 0.5) is 4.79 Å². The molecule has 0 aromatic heterocycles. The monoisotopic (exact) mass is 481 g/mol. The summed E-state index contributed by atoms with van der Waals surface area (Å²) >= 11 is 5.99. The maximum Gasteiger partial charge on any atom is 0.410 e. The summed E-state index contributed by atoms with van der Waals surface area (Å²) < 4.78 is 5.44. The Bertz CT molecular complexity index is 785. The largest absolute Gasteiger partial charge is 0.445 e. The van der Waals surface area contributed by atoms with E-state index in [1.165, 1.54) is 11.3 Å². The van der Waals surface area contributed by atoms with Crippen molar-refractivity contribution in [3.8, 4) is 0 Å². The molecule has 9 heteroatoms. The van der Waals surface area contributed by atoms with Crippen molar-refractivity contribution < 1.29 is 24.2 Å². The third-order valence-electron chi connectivity index (χ3n) is 6.16. The first kappa shape index (κ1) is 26.9. The minimum Gasteiger partial charge on any atom is -0.445 e. The fourth-order valence-corrected chi connectivity index (χ4v) is 4.33. The molecule has 1 aromatic carbocycles. The Morgan fingerprint density at radius 3 is 2.61 bits per heavy atom. The van der Waals surface area contributed by atoms with Gasteiger partial charge in [0.25, 0.3) is 0 Å². The zero-order chi connectivity index (χ0) is 24.2. The molecule has 0 aliphatic heterocycles. The van der Waals surface area contributed by atoms with E-state index < -0.39 is 18.2 Å². The zero-order valence-corrected chi connectivity index (χ0v) is 20.3. The van der Waals surface area contributed by atoms with E-state index in [0.717, 1.165) is 31.2 Å². The molecule has 0 heterocycles. The molecule has 1 aliphatic rings. The second-order valence-electron chi connectivity index (χ2n) is 8.65. The summed E-state index contributed by atoms with van der Waals surface area (Å²) in [5, 5.41) is 15.6. The van der Waals surface area contributed by atoms with Gasteiger partial charge in [0.2, 0.25) is 11.8 Å². The molecule has 1 aromatic rings.